The molecule has 2 atom stereocenters. The van der Waals surface area contributed by atoms with E-state index in [0.717, 1.165) is 16.0 Å². The van der Waals surface area contributed by atoms with Gasteiger partial charge in [-0.2, -0.15) is 0 Å². The van der Waals surface area contributed by atoms with Gasteiger partial charge in [-0.05, 0) is 51.0 Å². The lowest BCUT2D eigenvalue weighted by Crippen LogP contribution is -2.52. The molecule has 0 saturated carbocycles. The Labute approximate surface area is 134 Å². The predicted octanol–water partition coefficient (Wildman–Crippen LogP) is 2.12. The molecule has 0 aliphatic carbocycles. The Morgan fingerprint density at radius 2 is 1.59 bits per heavy atom. The summed E-state index contributed by atoms with van der Waals surface area (Å²) in [5.41, 5.74) is 2.76. The summed E-state index contributed by atoms with van der Waals surface area (Å²) in [6.07, 6.45) is 0. The van der Waals surface area contributed by atoms with Gasteiger partial charge in [-0.25, -0.2) is 0 Å². The van der Waals surface area contributed by atoms with Crippen LogP contribution in [0.5, 0.6) is 0 Å². The van der Waals surface area contributed by atoms with E-state index in [2.05, 4.69) is 5.32 Å². The van der Waals surface area contributed by atoms with Crippen LogP contribution in [0.4, 0.5) is 5.69 Å². The Balaban J connectivity index is 2.07. The molecule has 2 rings (SSSR count). The Hall–Kier alpha value is -1.82. The molecule has 1 heterocycles. The van der Waals surface area contributed by atoms with Gasteiger partial charge in [0.2, 0.25) is 17.7 Å². The van der Waals surface area contributed by atoms with Crippen molar-refractivity contribution in [2.75, 3.05) is 11.9 Å². The van der Waals surface area contributed by atoms with E-state index >= 15 is 0 Å². The van der Waals surface area contributed by atoms with Crippen molar-refractivity contribution in [2.24, 2.45) is 0 Å². The topological polar surface area (TPSA) is 66.5 Å². The van der Waals surface area contributed by atoms with E-state index in [1.54, 1.807) is 13.8 Å². The fraction of sp³-hybridized carbons (Fsp3) is 0.438. The summed E-state index contributed by atoms with van der Waals surface area (Å²) in [5, 5.41) is 2.14. The summed E-state index contributed by atoms with van der Waals surface area (Å²) in [5.74, 6) is -0.967. The normalized spacial score (nSPS) is 21.9. The molecule has 6 heteroatoms. The standard InChI is InChI=1S/C16H20N2O3S/c1-9-5-10(2)7-13(6-9)17-14(19)8-18-15(20)11(3)22-12(4)16(18)21/h5-7,11-12H,8H2,1-4H3,(H,17,19). The van der Waals surface area contributed by atoms with Crippen molar-refractivity contribution in [2.45, 2.75) is 38.2 Å². The Kier molecular flexibility index (Phi) is 4.90. The minimum absolute atomic E-state index is 0.236. The molecular formula is C16H20N2O3S. The molecule has 0 bridgehead atoms. The first-order valence-corrected chi connectivity index (χ1v) is 8.11. The number of nitrogens with one attached hydrogen (secondary N) is 1. The van der Waals surface area contributed by atoms with Crippen molar-refractivity contribution >= 4 is 35.2 Å². The number of anilines is 1. The summed E-state index contributed by atoms with van der Waals surface area (Å²) in [4.78, 5) is 37.4. The summed E-state index contributed by atoms with van der Waals surface area (Å²) in [6, 6.07) is 5.71. The number of imide groups is 1. The van der Waals surface area contributed by atoms with Crippen molar-refractivity contribution in [3.05, 3.63) is 29.3 Å². The second-order valence-electron chi connectivity index (χ2n) is 5.61. The number of rotatable bonds is 3. The average molecular weight is 320 g/mol. The lowest BCUT2D eigenvalue weighted by Gasteiger charge is -2.31. The number of hydrogen-bond donors (Lipinski definition) is 1. The second kappa shape index (κ2) is 6.52. The van der Waals surface area contributed by atoms with Gasteiger partial charge >= 0.3 is 0 Å². The zero-order chi connectivity index (χ0) is 16.4. The van der Waals surface area contributed by atoms with Crippen LogP contribution in [0.3, 0.4) is 0 Å². The highest BCUT2D eigenvalue weighted by atomic mass is 32.2. The van der Waals surface area contributed by atoms with E-state index in [9.17, 15) is 14.4 Å². The highest BCUT2D eigenvalue weighted by molar-refractivity contribution is 8.02. The molecule has 118 valence electrons. The number of thioether (sulfide) groups is 1. The van der Waals surface area contributed by atoms with Gasteiger partial charge in [-0.1, -0.05) is 6.07 Å². The number of nitrogens with zero attached hydrogens (tertiary/aromatic N) is 1. The Bertz CT molecular complexity index is 590. The Morgan fingerprint density at radius 1 is 1.09 bits per heavy atom. The van der Waals surface area contributed by atoms with Gasteiger partial charge < -0.3 is 5.32 Å². The first-order valence-electron chi connectivity index (χ1n) is 7.16. The maximum absolute atomic E-state index is 12.1. The van der Waals surface area contributed by atoms with Crippen LogP contribution in [0.1, 0.15) is 25.0 Å². The number of hydrogen-bond acceptors (Lipinski definition) is 4. The lowest BCUT2D eigenvalue weighted by atomic mass is 10.1. The molecule has 1 N–H and O–H groups in total. The molecule has 1 fully saturated rings. The van der Waals surface area contributed by atoms with Gasteiger partial charge in [0.05, 0.1) is 10.5 Å². The van der Waals surface area contributed by atoms with Crippen LogP contribution in [0, 0.1) is 13.8 Å². The van der Waals surface area contributed by atoms with Gasteiger partial charge in [0.25, 0.3) is 0 Å². The van der Waals surface area contributed by atoms with E-state index in [0.29, 0.717) is 5.69 Å². The van der Waals surface area contributed by atoms with Gasteiger partial charge in [0, 0.05) is 5.69 Å². The summed E-state index contributed by atoms with van der Waals surface area (Å²) >= 11 is 1.32. The molecule has 1 saturated heterocycles. The molecule has 5 nitrogen and oxygen atoms in total. The van der Waals surface area contributed by atoms with E-state index < -0.39 is 0 Å². The second-order valence-corrected chi connectivity index (χ2v) is 7.29. The van der Waals surface area contributed by atoms with Crippen LogP contribution in [-0.4, -0.2) is 39.7 Å². The molecule has 2 unspecified atom stereocenters. The van der Waals surface area contributed by atoms with Gasteiger partial charge in [0.15, 0.2) is 0 Å². The SMILES string of the molecule is Cc1cc(C)cc(NC(=O)CN2C(=O)C(C)SC(C)C2=O)c1. The number of carbonyl (C=O) groups is 3. The molecule has 1 aromatic rings. The minimum Gasteiger partial charge on any atom is -0.325 e. The molecule has 0 radical (unpaired) electrons. The van der Waals surface area contributed by atoms with E-state index in [4.69, 9.17) is 0 Å². The van der Waals surface area contributed by atoms with Crippen LogP contribution < -0.4 is 5.32 Å². The number of carbonyl (C=O) groups excluding carboxylic acids is 3. The number of amides is 3. The highest BCUT2D eigenvalue weighted by Crippen LogP contribution is 2.26. The van der Waals surface area contributed by atoms with Crippen molar-refractivity contribution in [1.82, 2.24) is 4.90 Å². The largest absolute Gasteiger partial charge is 0.325 e. The molecular weight excluding hydrogens is 300 g/mol. The van der Waals surface area contributed by atoms with Crippen molar-refractivity contribution in [3.8, 4) is 0 Å². The first kappa shape index (κ1) is 16.5. The molecule has 1 aromatic carbocycles. The van der Waals surface area contributed by atoms with Gasteiger partial charge in [-0.15, -0.1) is 11.8 Å². The number of aryl methyl sites for hydroxylation is 2. The number of benzene rings is 1. The highest BCUT2D eigenvalue weighted by Gasteiger charge is 2.37. The summed E-state index contributed by atoms with van der Waals surface area (Å²) < 4.78 is 0. The summed E-state index contributed by atoms with van der Waals surface area (Å²) in [6.45, 7) is 7.16. The first-order chi connectivity index (χ1) is 10.3. The molecule has 1 aliphatic heterocycles. The van der Waals surface area contributed by atoms with Crippen molar-refractivity contribution in [1.29, 1.82) is 0 Å². The molecule has 1 aliphatic rings. The molecule has 3 amide bonds. The molecule has 0 aromatic heterocycles. The minimum atomic E-state index is -0.363. The van der Waals surface area contributed by atoms with E-state index in [1.807, 2.05) is 32.0 Å². The quantitative estimate of drug-likeness (QED) is 0.866. The molecule has 22 heavy (non-hydrogen) atoms. The summed E-state index contributed by atoms with van der Waals surface area (Å²) in [7, 11) is 0. The van der Waals surface area contributed by atoms with Crippen LogP contribution in [0.2, 0.25) is 0 Å². The monoisotopic (exact) mass is 320 g/mol. The van der Waals surface area contributed by atoms with Crippen molar-refractivity contribution < 1.29 is 14.4 Å². The Morgan fingerprint density at radius 3 is 2.09 bits per heavy atom. The molecule has 0 spiro atoms. The predicted molar refractivity (Wildman–Crippen MR) is 87.8 cm³/mol. The zero-order valence-corrected chi connectivity index (χ0v) is 14.0. The maximum Gasteiger partial charge on any atom is 0.244 e. The van der Waals surface area contributed by atoms with E-state index in [1.165, 1.54) is 11.8 Å². The third kappa shape index (κ3) is 3.68. The van der Waals surface area contributed by atoms with E-state index in [-0.39, 0.29) is 34.8 Å². The van der Waals surface area contributed by atoms with Crippen LogP contribution in [0.25, 0.3) is 0 Å². The van der Waals surface area contributed by atoms with Crippen LogP contribution in [0.15, 0.2) is 18.2 Å². The van der Waals surface area contributed by atoms with Gasteiger partial charge in [0.1, 0.15) is 6.54 Å². The smallest absolute Gasteiger partial charge is 0.244 e. The maximum atomic E-state index is 12.1. The van der Waals surface area contributed by atoms with Crippen LogP contribution >= 0.6 is 11.8 Å². The average Bonchev–Trinajstić information content (AvgIpc) is 2.40. The van der Waals surface area contributed by atoms with Gasteiger partial charge in [-0.3, -0.25) is 19.3 Å². The lowest BCUT2D eigenvalue weighted by molar-refractivity contribution is -0.147. The zero-order valence-electron chi connectivity index (χ0n) is 13.2. The third-order valence-electron chi connectivity index (χ3n) is 3.44. The fourth-order valence-electron chi connectivity index (χ4n) is 2.52. The fourth-order valence-corrected chi connectivity index (χ4v) is 3.62. The van der Waals surface area contributed by atoms with Crippen LogP contribution in [-0.2, 0) is 14.4 Å². The van der Waals surface area contributed by atoms with Crippen molar-refractivity contribution in [3.63, 3.8) is 0 Å². The third-order valence-corrected chi connectivity index (χ3v) is 4.66.